The number of nitrogens with zero attached hydrogens (tertiary/aromatic N) is 1. The molecule has 0 spiro atoms. The molecule has 0 aromatic heterocycles. The highest BCUT2D eigenvalue weighted by molar-refractivity contribution is 5.21. The van der Waals surface area contributed by atoms with Crippen LogP contribution in [0.15, 0.2) is 24.3 Å². The summed E-state index contributed by atoms with van der Waals surface area (Å²) in [6.07, 6.45) is 2.67. The molecule has 1 aromatic carbocycles. The van der Waals surface area contributed by atoms with Gasteiger partial charge in [-0.15, -0.1) is 0 Å². The first kappa shape index (κ1) is 14.5. The van der Waals surface area contributed by atoms with E-state index in [2.05, 4.69) is 62.3 Å². The van der Waals surface area contributed by atoms with Crippen LogP contribution in [0.1, 0.15) is 37.8 Å². The van der Waals surface area contributed by atoms with Crippen LogP contribution in [0, 0.1) is 12.8 Å². The maximum atomic E-state index is 3.36. The first-order valence-corrected chi connectivity index (χ1v) is 7.49. The molecule has 0 saturated carbocycles. The van der Waals surface area contributed by atoms with E-state index in [1.165, 1.54) is 30.5 Å². The minimum absolute atomic E-state index is 0.284. The van der Waals surface area contributed by atoms with Crippen molar-refractivity contribution in [2.75, 3.05) is 20.1 Å². The Kier molecular flexibility index (Phi) is 4.64. The number of piperidine rings is 1. The SMILES string of the molecule is CNCC1CCCN(Cc2ccc(C)cc2)C1(C)C. The average Bonchev–Trinajstić information content (AvgIpc) is 2.37. The monoisotopic (exact) mass is 260 g/mol. The Balaban J connectivity index is 2.08. The lowest BCUT2D eigenvalue weighted by Crippen LogP contribution is -2.54. The first-order valence-electron chi connectivity index (χ1n) is 7.49. The van der Waals surface area contributed by atoms with Crippen molar-refractivity contribution >= 4 is 0 Å². The van der Waals surface area contributed by atoms with Gasteiger partial charge in [0.25, 0.3) is 0 Å². The maximum absolute atomic E-state index is 3.36. The summed E-state index contributed by atoms with van der Waals surface area (Å²) in [5, 5.41) is 3.36. The van der Waals surface area contributed by atoms with E-state index in [1.54, 1.807) is 0 Å². The molecule has 0 amide bonds. The second-order valence-corrected chi connectivity index (χ2v) is 6.46. The second-order valence-electron chi connectivity index (χ2n) is 6.46. The third kappa shape index (κ3) is 3.37. The van der Waals surface area contributed by atoms with Gasteiger partial charge < -0.3 is 5.32 Å². The molecule has 1 aliphatic rings. The van der Waals surface area contributed by atoms with Gasteiger partial charge in [-0.1, -0.05) is 29.8 Å². The summed E-state index contributed by atoms with van der Waals surface area (Å²) in [7, 11) is 2.06. The third-order valence-electron chi connectivity index (χ3n) is 4.74. The number of hydrogen-bond donors (Lipinski definition) is 1. The molecule has 1 aliphatic heterocycles. The summed E-state index contributed by atoms with van der Waals surface area (Å²) >= 11 is 0. The van der Waals surface area contributed by atoms with E-state index < -0.39 is 0 Å². The molecule has 2 nitrogen and oxygen atoms in total. The van der Waals surface area contributed by atoms with Crippen LogP contribution in [0.25, 0.3) is 0 Å². The number of likely N-dealkylation sites (tertiary alicyclic amines) is 1. The molecule has 106 valence electrons. The Bertz CT molecular complexity index is 392. The zero-order chi connectivity index (χ0) is 13.9. The first-order chi connectivity index (χ1) is 9.04. The predicted molar refractivity (Wildman–Crippen MR) is 82.3 cm³/mol. The van der Waals surface area contributed by atoms with Gasteiger partial charge in [-0.05, 0) is 65.2 Å². The van der Waals surface area contributed by atoms with Gasteiger partial charge in [0.2, 0.25) is 0 Å². The number of aryl methyl sites for hydroxylation is 1. The van der Waals surface area contributed by atoms with Crippen LogP contribution in [0.3, 0.4) is 0 Å². The van der Waals surface area contributed by atoms with E-state index in [-0.39, 0.29) is 5.54 Å². The maximum Gasteiger partial charge on any atom is 0.0239 e. The quantitative estimate of drug-likeness (QED) is 0.894. The molecule has 1 fully saturated rings. The van der Waals surface area contributed by atoms with Crippen molar-refractivity contribution in [3.05, 3.63) is 35.4 Å². The Morgan fingerprint density at radius 2 is 1.95 bits per heavy atom. The summed E-state index contributed by atoms with van der Waals surface area (Å²) in [4.78, 5) is 2.66. The predicted octanol–water partition coefficient (Wildman–Crippen LogP) is 3.21. The van der Waals surface area contributed by atoms with Gasteiger partial charge in [0.1, 0.15) is 0 Å². The van der Waals surface area contributed by atoms with E-state index >= 15 is 0 Å². The lowest BCUT2D eigenvalue weighted by molar-refractivity contribution is 0.0161. The smallest absolute Gasteiger partial charge is 0.0239 e. The lowest BCUT2D eigenvalue weighted by Gasteiger charge is -2.48. The summed E-state index contributed by atoms with van der Waals surface area (Å²) in [5.74, 6) is 0.747. The molecule has 1 heterocycles. The van der Waals surface area contributed by atoms with Crippen LogP contribution in [0.5, 0.6) is 0 Å². The van der Waals surface area contributed by atoms with Gasteiger partial charge in [-0.25, -0.2) is 0 Å². The zero-order valence-corrected chi connectivity index (χ0v) is 12.9. The Morgan fingerprint density at radius 3 is 2.58 bits per heavy atom. The minimum Gasteiger partial charge on any atom is -0.319 e. The molecule has 0 bridgehead atoms. The highest BCUT2D eigenvalue weighted by Gasteiger charge is 2.37. The van der Waals surface area contributed by atoms with Crippen LogP contribution in [-0.4, -0.2) is 30.6 Å². The van der Waals surface area contributed by atoms with Crippen molar-refractivity contribution in [2.24, 2.45) is 5.92 Å². The topological polar surface area (TPSA) is 15.3 Å². The molecule has 2 rings (SSSR count). The zero-order valence-electron chi connectivity index (χ0n) is 12.9. The van der Waals surface area contributed by atoms with Crippen LogP contribution in [0.2, 0.25) is 0 Å². The number of rotatable bonds is 4. The molecule has 0 aliphatic carbocycles. The van der Waals surface area contributed by atoms with E-state index in [1.807, 2.05) is 0 Å². The molecule has 1 atom stereocenters. The number of nitrogens with one attached hydrogen (secondary N) is 1. The van der Waals surface area contributed by atoms with Crippen molar-refractivity contribution in [3.8, 4) is 0 Å². The van der Waals surface area contributed by atoms with Crippen molar-refractivity contribution in [2.45, 2.75) is 45.7 Å². The largest absolute Gasteiger partial charge is 0.319 e. The molecule has 19 heavy (non-hydrogen) atoms. The molecule has 1 saturated heterocycles. The van der Waals surface area contributed by atoms with Gasteiger partial charge in [-0.3, -0.25) is 4.90 Å². The summed E-state index contributed by atoms with van der Waals surface area (Å²) in [6.45, 7) is 10.4. The Morgan fingerprint density at radius 1 is 1.26 bits per heavy atom. The van der Waals surface area contributed by atoms with Gasteiger partial charge in [0.05, 0.1) is 0 Å². The Labute approximate surface area is 118 Å². The van der Waals surface area contributed by atoms with Crippen molar-refractivity contribution in [1.29, 1.82) is 0 Å². The highest BCUT2D eigenvalue weighted by Crippen LogP contribution is 2.34. The second kappa shape index (κ2) is 6.06. The average molecular weight is 260 g/mol. The molecule has 0 radical (unpaired) electrons. The number of hydrogen-bond acceptors (Lipinski definition) is 2. The molecule has 1 unspecified atom stereocenters. The van der Waals surface area contributed by atoms with E-state index in [0.717, 1.165) is 19.0 Å². The fourth-order valence-electron chi connectivity index (χ4n) is 3.22. The lowest BCUT2D eigenvalue weighted by atomic mass is 9.78. The highest BCUT2D eigenvalue weighted by atomic mass is 15.2. The van der Waals surface area contributed by atoms with Gasteiger partial charge >= 0.3 is 0 Å². The van der Waals surface area contributed by atoms with Crippen LogP contribution in [0.4, 0.5) is 0 Å². The third-order valence-corrected chi connectivity index (χ3v) is 4.74. The van der Waals surface area contributed by atoms with Gasteiger partial charge in [0.15, 0.2) is 0 Å². The van der Waals surface area contributed by atoms with Crippen LogP contribution < -0.4 is 5.32 Å². The van der Waals surface area contributed by atoms with E-state index in [0.29, 0.717) is 0 Å². The fourth-order valence-corrected chi connectivity index (χ4v) is 3.22. The standard InChI is InChI=1S/C17H28N2/c1-14-7-9-15(10-8-14)13-19-11-5-6-16(12-18-4)17(19,2)3/h7-10,16,18H,5-6,11-13H2,1-4H3. The van der Waals surface area contributed by atoms with Gasteiger partial charge in [-0.2, -0.15) is 0 Å². The minimum atomic E-state index is 0.284. The van der Waals surface area contributed by atoms with Crippen molar-refractivity contribution < 1.29 is 0 Å². The van der Waals surface area contributed by atoms with Crippen LogP contribution >= 0.6 is 0 Å². The van der Waals surface area contributed by atoms with Crippen molar-refractivity contribution in [3.63, 3.8) is 0 Å². The molecule has 2 heteroatoms. The molecular formula is C17H28N2. The summed E-state index contributed by atoms with van der Waals surface area (Å²) < 4.78 is 0. The normalized spacial score (nSPS) is 23.5. The summed E-state index contributed by atoms with van der Waals surface area (Å²) in [5.41, 5.74) is 3.06. The Hall–Kier alpha value is -0.860. The van der Waals surface area contributed by atoms with E-state index in [4.69, 9.17) is 0 Å². The molecule has 1 aromatic rings. The van der Waals surface area contributed by atoms with Crippen molar-refractivity contribution in [1.82, 2.24) is 10.2 Å². The van der Waals surface area contributed by atoms with Gasteiger partial charge in [0, 0.05) is 12.1 Å². The van der Waals surface area contributed by atoms with E-state index in [9.17, 15) is 0 Å². The number of benzene rings is 1. The summed E-state index contributed by atoms with van der Waals surface area (Å²) in [6, 6.07) is 8.98. The van der Waals surface area contributed by atoms with Crippen LogP contribution in [-0.2, 0) is 6.54 Å². The molecular weight excluding hydrogens is 232 g/mol. The molecule has 1 N–H and O–H groups in total. The fraction of sp³-hybridized carbons (Fsp3) is 0.647.